The van der Waals surface area contributed by atoms with Crippen LogP contribution < -0.4 is 14.2 Å². The monoisotopic (exact) mass is 440 g/mol. The highest BCUT2D eigenvalue weighted by molar-refractivity contribution is 5.92. The highest BCUT2D eigenvalue weighted by Gasteiger charge is 2.10. The molecule has 0 radical (unpaired) electrons. The Morgan fingerprint density at radius 1 is 0.727 bits per heavy atom. The number of nitrogens with zero attached hydrogens (tertiary/aromatic N) is 3. The molecule has 7 heteroatoms. The average molecular weight is 441 g/mol. The van der Waals surface area contributed by atoms with Crippen LogP contribution in [0.15, 0.2) is 60.8 Å². The molecule has 0 aliphatic carbocycles. The summed E-state index contributed by atoms with van der Waals surface area (Å²) in [5.74, 6) is 3.10. The molecule has 0 unspecified atom stereocenters. The molecular weight excluding hydrogens is 416 g/mol. The molecule has 0 bridgehead atoms. The third-order valence-corrected chi connectivity index (χ3v) is 5.67. The number of ether oxygens (including phenoxy) is 3. The Morgan fingerprint density at radius 2 is 1.55 bits per heavy atom. The van der Waals surface area contributed by atoms with Crippen LogP contribution in [0.1, 0.15) is 11.5 Å². The first kappa shape index (κ1) is 20.8. The van der Waals surface area contributed by atoms with Gasteiger partial charge in [0, 0.05) is 29.8 Å². The summed E-state index contributed by atoms with van der Waals surface area (Å²) in [6.07, 6.45) is 3.26. The van der Waals surface area contributed by atoms with Crippen LogP contribution in [0.3, 0.4) is 0 Å². The molecule has 3 aromatic heterocycles. The fraction of sp³-hybridized carbons (Fsp3) is 0.192. The molecule has 3 heterocycles. The minimum Gasteiger partial charge on any atom is -0.497 e. The average Bonchev–Trinajstić information content (AvgIpc) is 3.27. The molecule has 7 nitrogen and oxygen atoms in total. The van der Waals surface area contributed by atoms with Gasteiger partial charge in [0.05, 0.1) is 26.8 Å². The van der Waals surface area contributed by atoms with E-state index in [2.05, 4.69) is 28.2 Å². The van der Waals surface area contributed by atoms with Gasteiger partial charge in [-0.25, -0.2) is 9.97 Å². The minimum atomic E-state index is 0.700. The number of pyridine rings is 2. The van der Waals surface area contributed by atoms with Crippen molar-refractivity contribution >= 4 is 22.1 Å². The highest BCUT2D eigenvalue weighted by Crippen LogP contribution is 2.33. The maximum atomic E-state index is 5.45. The van der Waals surface area contributed by atoms with Gasteiger partial charge in [0.25, 0.3) is 0 Å². The SMILES string of the molecule is COc1ccnc(CCc2nc3cc4cc(-c5ccc(OC)c(OC)c5)ccc4nc3[nH]2)c1. The summed E-state index contributed by atoms with van der Waals surface area (Å²) in [6.45, 7) is 0. The molecule has 2 aromatic carbocycles. The molecule has 0 atom stereocenters. The maximum Gasteiger partial charge on any atom is 0.161 e. The Balaban J connectivity index is 1.43. The standard InChI is InChI=1S/C26H24N4O3/c1-31-20-10-11-27-19(15-20)6-9-25-28-22-13-18-12-16(4-7-21(18)29-26(22)30-25)17-5-8-23(32-2)24(14-17)33-3/h4-5,7-8,10-15H,6,9H2,1-3H3,(H,28,29,30). The van der Waals surface area contributed by atoms with E-state index in [9.17, 15) is 0 Å². The smallest absolute Gasteiger partial charge is 0.161 e. The zero-order valence-electron chi connectivity index (χ0n) is 18.8. The van der Waals surface area contributed by atoms with E-state index in [0.29, 0.717) is 11.5 Å². The van der Waals surface area contributed by atoms with Crippen LogP contribution in [0, 0.1) is 0 Å². The third-order valence-electron chi connectivity index (χ3n) is 5.67. The lowest BCUT2D eigenvalue weighted by Crippen LogP contribution is -1.96. The Bertz CT molecular complexity index is 1440. The van der Waals surface area contributed by atoms with E-state index in [1.807, 2.05) is 36.4 Å². The molecule has 0 fully saturated rings. The molecule has 166 valence electrons. The molecule has 0 saturated carbocycles. The predicted molar refractivity (Wildman–Crippen MR) is 128 cm³/mol. The molecule has 0 aliphatic heterocycles. The van der Waals surface area contributed by atoms with E-state index in [1.54, 1.807) is 27.5 Å². The van der Waals surface area contributed by atoms with E-state index >= 15 is 0 Å². The van der Waals surface area contributed by atoms with Crippen molar-refractivity contribution < 1.29 is 14.2 Å². The number of nitrogens with one attached hydrogen (secondary N) is 1. The number of hydrogen-bond donors (Lipinski definition) is 1. The lowest BCUT2D eigenvalue weighted by atomic mass is 10.0. The van der Waals surface area contributed by atoms with Gasteiger partial charge in [-0.1, -0.05) is 12.1 Å². The minimum absolute atomic E-state index is 0.700. The van der Waals surface area contributed by atoms with Crippen LogP contribution in [0.5, 0.6) is 17.2 Å². The Labute approximate surface area is 191 Å². The molecule has 5 aromatic rings. The Kier molecular flexibility index (Phi) is 5.52. The predicted octanol–water partition coefficient (Wildman–Crippen LogP) is 4.98. The zero-order valence-corrected chi connectivity index (χ0v) is 18.8. The van der Waals surface area contributed by atoms with Crippen LogP contribution in [-0.4, -0.2) is 41.3 Å². The van der Waals surface area contributed by atoms with Gasteiger partial charge in [0.1, 0.15) is 17.1 Å². The number of H-pyrrole nitrogens is 1. The first-order chi connectivity index (χ1) is 16.2. The maximum absolute atomic E-state index is 5.45. The van der Waals surface area contributed by atoms with Gasteiger partial charge in [0.15, 0.2) is 17.1 Å². The summed E-state index contributed by atoms with van der Waals surface area (Å²) in [7, 11) is 4.93. The van der Waals surface area contributed by atoms with E-state index in [0.717, 1.165) is 63.3 Å². The molecule has 5 rings (SSSR count). The quantitative estimate of drug-likeness (QED) is 0.384. The van der Waals surface area contributed by atoms with Gasteiger partial charge in [-0.2, -0.15) is 0 Å². The summed E-state index contributed by atoms with van der Waals surface area (Å²) in [4.78, 5) is 17.3. The Morgan fingerprint density at radius 3 is 2.36 bits per heavy atom. The summed E-state index contributed by atoms with van der Waals surface area (Å²) in [5, 5.41) is 1.03. The molecule has 0 spiro atoms. The fourth-order valence-corrected chi connectivity index (χ4v) is 3.93. The molecule has 0 saturated heterocycles. The van der Waals surface area contributed by atoms with Gasteiger partial charge < -0.3 is 19.2 Å². The summed E-state index contributed by atoms with van der Waals surface area (Å²) < 4.78 is 16.1. The second-order valence-corrected chi connectivity index (χ2v) is 7.70. The van der Waals surface area contributed by atoms with Gasteiger partial charge >= 0.3 is 0 Å². The molecule has 33 heavy (non-hydrogen) atoms. The number of rotatable bonds is 7. The number of aromatic amines is 1. The number of benzene rings is 2. The number of aryl methyl sites for hydroxylation is 2. The zero-order chi connectivity index (χ0) is 22.8. The van der Waals surface area contributed by atoms with Crippen LogP contribution in [0.25, 0.3) is 33.2 Å². The largest absolute Gasteiger partial charge is 0.497 e. The number of imidazole rings is 1. The van der Waals surface area contributed by atoms with Crippen molar-refractivity contribution in [2.75, 3.05) is 21.3 Å². The van der Waals surface area contributed by atoms with E-state index in [4.69, 9.17) is 24.2 Å². The van der Waals surface area contributed by atoms with Crippen LogP contribution in [0.2, 0.25) is 0 Å². The number of hydrogen-bond acceptors (Lipinski definition) is 6. The van der Waals surface area contributed by atoms with Crippen LogP contribution >= 0.6 is 0 Å². The van der Waals surface area contributed by atoms with Gasteiger partial charge in [0.2, 0.25) is 0 Å². The van der Waals surface area contributed by atoms with E-state index in [1.165, 1.54) is 0 Å². The summed E-state index contributed by atoms with van der Waals surface area (Å²) >= 11 is 0. The van der Waals surface area contributed by atoms with Crippen LogP contribution in [0.4, 0.5) is 0 Å². The van der Waals surface area contributed by atoms with Crippen molar-refractivity contribution in [3.8, 4) is 28.4 Å². The molecule has 0 aliphatic rings. The van der Waals surface area contributed by atoms with Crippen molar-refractivity contribution in [2.24, 2.45) is 0 Å². The molecular formula is C26H24N4O3. The van der Waals surface area contributed by atoms with Gasteiger partial charge in [-0.15, -0.1) is 0 Å². The highest BCUT2D eigenvalue weighted by atomic mass is 16.5. The van der Waals surface area contributed by atoms with Crippen molar-refractivity contribution in [3.63, 3.8) is 0 Å². The van der Waals surface area contributed by atoms with Crippen molar-refractivity contribution in [2.45, 2.75) is 12.8 Å². The topological polar surface area (TPSA) is 82.2 Å². The first-order valence-electron chi connectivity index (χ1n) is 10.7. The van der Waals surface area contributed by atoms with E-state index < -0.39 is 0 Å². The van der Waals surface area contributed by atoms with Crippen LogP contribution in [-0.2, 0) is 12.8 Å². The number of aromatic nitrogens is 4. The third kappa shape index (κ3) is 4.17. The number of fused-ring (bicyclic) bond motifs is 2. The fourth-order valence-electron chi connectivity index (χ4n) is 3.93. The lowest BCUT2D eigenvalue weighted by Gasteiger charge is -2.10. The number of methoxy groups -OCH3 is 3. The summed E-state index contributed by atoms with van der Waals surface area (Å²) in [5.41, 5.74) is 5.63. The first-order valence-corrected chi connectivity index (χ1v) is 10.7. The van der Waals surface area contributed by atoms with Gasteiger partial charge in [-0.3, -0.25) is 4.98 Å². The van der Waals surface area contributed by atoms with Crippen molar-refractivity contribution in [1.29, 1.82) is 0 Å². The van der Waals surface area contributed by atoms with Crippen molar-refractivity contribution in [3.05, 3.63) is 72.3 Å². The molecule has 1 N–H and O–H groups in total. The second kappa shape index (κ2) is 8.78. The summed E-state index contributed by atoms with van der Waals surface area (Å²) in [6, 6.07) is 18.0. The Hall–Kier alpha value is -4.13. The van der Waals surface area contributed by atoms with Crippen molar-refractivity contribution in [1.82, 2.24) is 19.9 Å². The lowest BCUT2D eigenvalue weighted by molar-refractivity contribution is 0.355. The molecule has 0 amide bonds. The van der Waals surface area contributed by atoms with E-state index in [-0.39, 0.29) is 0 Å². The normalized spacial score (nSPS) is 11.1. The second-order valence-electron chi connectivity index (χ2n) is 7.70. The van der Waals surface area contributed by atoms with Gasteiger partial charge in [-0.05, 0) is 53.9 Å².